The Labute approximate surface area is 100 Å². The van der Waals surface area contributed by atoms with Gasteiger partial charge in [0.1, 0.15) is 0 Å². The number of anilines is 1. The zero-order valence-corrected chi connectivity index (χ0v) is 10.5. The number of aliphatic hydroxyl groups is 1. The van der Waals surface area contributed by atoms with Crippen LogP contribution in [-0.4, -0.2) is 33.7 Å². The molecule has 0 saturated carbocycles. The van der Waals surface area contributed by atoms with Gasteiger partial charge in [-0.25, -0.2) is 4.98 Å². The Bertz CT molecular complexity index is 349. The van der Waals surface area contributed by atoms with Crippen LogP contribution in [-0.2, 0) is 6.54 Å². The summed E-state index contributed by atoms with van der Waals surface area (Å²) >= 11 is 1.54. The minimum absolute atomic E-state index is 0.0151. The van der Waals surface area contributed by atoms with Crippen LogP contribution in [0.5, 0.6) is 0 Å². The predicted octanol–water partition coefficient (Wildman–Crippen LogP) is 1.46. The molecule has 1 aliphatic rings. The second-order valence-electron chi connectivity index (χ2n) is 4.43. The Morgan fingerprint density at radius 1 is 1.69 bits per heavy atom. The normalized spacial score (nSPS) is 26.4. The summed E-state index contributed by atoms with van der Waals surface area (Å²) in [5, 5.41) is 10.2. The fourth-order valence-corrected chi connectivity index (χ4v) is 3.22. The quantitative estimate of drug-likeness (QED) is 0.838. The number of likely N-dealkylation sites (tertiary alicyclic amines) is 1. The number of nitrogens with zero attached hydrogens (tertiary/aromatic N) is 2. The van der Waals surface area contributed by atoms with E-state index in [0.29, 0.717) is 5.13 Å². The first-order valence-corrected chi connectivity index (χ1v) is 6.58. The molecule has 0 aromatic carbocycles. The van der Waals surface area contributed by atoms with E-state index in [0.717, 1.165) is 25.9 Å². The van der Waals surface area contributed by atoms with Gasteiger partial charge in [0.15, 0.2) is 5.13 Å². The first kappa shape index (κ1) is 11.8. The number of nitrogens with two attached hydrogens (primary N) is 1. The van der Waals surface area contributed by atoms with Crippen molar-refractivity contribution in [2.45, 2.75) is 38.3 Å². The van der Waals surface area contributed by atoms with Crippen molar-refractivity contribution in [1.29, 1.82) is 0 Å². The molecule has 0 bridgehead atoms. The zero-order valence-electron chi connectivity index (χ0n) is 9.65. The SMILES string of the molecule is CCC1(CO)CCCN1Cc1cnc(N)s1. The summed E-state index contributed by atoms with van der Waals surface area (Å²) in [6.45, 7) is 4.32. The van der Waals surface area contributed by atoms with Gasteiger partial charge < -0.3 is 10.8 Å². The average molecular weight is 241 g/mol. The van der Waals surface area contributed by atoms with Crippen LogP contribution in [0.1, 0.15) is 31.1 Å². The summed E-state index contributed by atoms with van der Waals surface area (Å²) in [5.74, 6) is 0. The molecule has 3 N–H and O–H groups in total. The van der Waals surface area contributed by atoms with Crippen LogP contribution >= 0.6 is 11.3 Å². The number of rotatable bonds is 4. The molecule has 1 aromatic heterocycles. The lowest BCUT2D eigenvalue weighted by atomic mass is 9.94. The van der Waals surface area contributed by atoms with Crippen molar-refractivity contribution in [3.63, 3.8) is 0 Å². The van der Waals surface area contributed by atoms with Gasteiger partial charge in [0, 0.05) is 23.2 Å². The van der Waals surface area contributed by atoms with Crippen molar-refractivity contribution in [2.24, 2.45) is 0 Å². The lowest BCUT2D eigenvalue weighted by Crippen LogP contribution is -2.45. The first-order chi connectivity index (χ1) is 7.70. The average Bonchev–Trinajstić information content (AvgIpc) is 2.87. The smallest absolute Gasteiger partial charge is 0.180 e. The number of aliphatic hydroxyl groups excluding tert-OH is 1. The molecule has 1 aliphatic heterocycles. The second-order valence-corrected chi connectivity index (χ2v) is 5.57. The van der Waals surface area contributed by atoms with Crippen LogP contribution in [0, 0.1) is 0 Å². The standard InChI is InChI=1S/C11H19N3OS/c1-2-11(8-15)4-3-5-14(11)7-9-6-13-10(12)16-9/h6,15H,2-5,7-8H2,1H3,(H2,12,13). The summed E-state index contributed by atoms with van der Waals surface area (Å²) in [6.07, 6.45) is 5.10. The third kappa shape index (κ3) is 2.07. The number of thiazole rings is 1. The van der Waals surface area contributed by atoms with Crippen molar-refractivity contribution in [3.05, 3.63) is 11.1 Å². The molecule has 1 unspecified atom stereocenters. The second kappa shape index (κ2) is 4.69. The van der Waals surface area contributed by atoms with Crippen molar-refractivity contribution in [1.82, 2.24) is 9.88 Å². The molecular weight excluding hydrogens is 222 g/mol. The van der Waals surface area contributed by atoms with Crippen LogP contribution in [0.2, 0.25) is 0 Å². The molecule has 16 heavy (non-hydrogen) atoms. The molecule has 0 spiro atoms. The molecule has 90 valence electrons. The molecule has 0 amide bonds. The number of nitrogen functional groups attached to an aromatic ring is 1. The van der Waals surface area contributed by atoms with Crippen LogP contribution in [0.3, 0.4) is 0 Å². The lowest BCUT2D eigenvalue weighted by Gasteiger charge is -2.36. The lowest BCUT2D eigenvalue weighted by molar-refractivity contribution is 0.0555. The highest BCUT2D eigenvalue weighted by Crippen LogP contribution is 2.34. The number of hydrogen-bond acceptors (Lipinski definition) is 5. The highest BCUT2D eigenvalue weighted by atomic mass is 32.1. The van der Waals surface area contributed by atoms with E-state index in [1.807, 2.05) is 6.20 Å². The summed E-state index contributed by atoms with van der Waals surface area (Å²) in [4.78, 5) is 7.63. The van der Waals surface area contributed by atoms with E-state index in [-0.39, 0.29) is 12.1 Å². The molecule has 0 aliphatic carbocycles. The zero-order chi connectivity index (χ0) is 11.6. The summed E-state index contributed by atoms with van der Waals surface area (Å²) in [7, 11) is 0. The van der Waals surface area contributed by atoms with Crippen molar-refractivity contribution < 1.29 is 5.11 Å². The van der Waals surface area contributed by atoms with E-state index in [1.165, 1.54) is 22.6 Å². The Kier molecular flexibility index (Phi) is 3.47. The van der Waals surface area contributed by atoms with Gasteiger partial charge in [-0.1, -0.05) is 6.92 Å². The minimum atomic E-state index is -0.0151. The Balaban J connectivity index is 2.09. The van der Waals surface area contributed by atoms with E-state index in [2.05, 4.69) is 16.8 Å². The third-order valence-electron chi connectivity index (χ3n) is 3.61. The van der Waals surface area contributed by atoms with Crippen molar-refractivity contribution >= 4 is 16.5 Å². The van der Waals surface area contributed by atoms with E-state index in [4.69, 9.17) is 5.73 Å². The number of aromatic nitrogens is 1. The molecule has 1 atom stereocenters. The molecule has 5 heteroatoms. The molecular formula is C11H19N3OS. The van der Waals surface area contributed by atoms with Crippen LogP contribution in [0.15, 0.2) is 6.20 Å². The Hall–Kier alpha value is -0.650. The largest absolute Gasteiger partial charge is 0.394 e. The topological polar surface area (TPSA) is 62.4 Å². The predicted molar refractivity (Wildman–Crippen MR) is 66.3 cm³/mol. The van der Waals surface area contributed by atoms with Crippen LogP contribution < -0.4 is 5.73 Å². The number of hydrogen-bond donors (Lipinski definition) is 2. The molecule has 1 fully saturated rings. The van der Waals surface area contributed by atoms with E-state index >= 15 is 0 Å². The van der Waals surface area contributed by atoms with Gasteiger partial charge in [-0.15, -0.1) is 11.3 Å². The fraction of sp³-hybridized carbons (Fsp3) is 0.727. The fourth-order valence-electron chi connectivity index (χ4n) is 2.52. The van der Waals surface area contributed by atoms with E-state index < -0.39 is 0 Å². The van der Waals surface area contributed by atoms with E-state index in [9.17, 15) is 5.11 Å². The van der Waals surface area contributed by atoms with Gasteiger partial charge >= 0.3 is 0 Å². The summed E-state index contributed by atoms with van der Waals surface area (Å²) in [5.41, 5.74) is 5.61. The van der Waals surface area contributed by atoms with Gasteiger partial charge in [-0.3, -0.25) is 4.90 Å². The summed E-state index contributed by atoms with van der Waals surface area (Å²) < 4.78 is 0. The third-order valence-corrected chi connectivity index (χ3v) is 4.42. The van der Waals surface area contributed by atoms with Gasteiger partial charge in [0.25, 0.3) is 0 Å². The van der Waals surface area contributed by atoms with Crippen LogP contribution in [0.25, 0.3) is 0 Å². The van der Waals surface area contributed by atoms with E-state index in [1.54, 1.807) is 0 Å². The van der Waals surface area contributed by atoms with Gasteiger partial charge in [-0.2, -0.15) is 0 Å². The molecule has 1 aromatic rings. The minimum Gasteiger partial charge on any atom is -0.394 e. The van der Waals surface area contributed by atoms with Crippen molar-refractivity contribution in [3.8, 4) is 0 Å². The van der Waals surface area contributed by atoms with Crippen LogP contribution in [0.4, 0.5) is 5.13 Å². The maximum Gasteiger partial charge on any atom is 0.180 e. The molecule has 2 rings (SSSR count). The van der Waals surface area contributed by atoms with Gasteiger partial charge in [0.2, 0.25) is 0 Å². The van der Waals surface area contributed by atoms with Gasteiger partial charge in [0.05, 0.1) is 6.61 Å². The Morgan fingerprint density at radius 2 is 2.50 bits per heavy atom. The highest BCUT2D eigenvalue weighted by Gasteiger charge is 2.38. The highest BCUT2D eigenvalue weighted by molar-refractivity contribution is 7.15. The van der Waals surface area contributed by atoms with Crippen molar-refractivity contribution in [2.75, 3.05) is 18.9 Å². The molecule has 2 heterocycles. The molecule has 0 radical (unpaired) electrons. The molecule has 1 saturated heterocycles. The van der Waals surface area contributed by atoms with Gasteiger partial charge in [-0.05, 0) is 25.8 Å². The summed E-state index contributed by atoms with van der Waals surface area (Å²) in [6, 6.07) is 0. The maximum absolute atomic E-state index is 9.59. The Morgan fingerprint density at radius 3 is 3.06 bits per heavy atom. The molecule has 4 nitrogen and oxygen atoms in total. The monoisotopic (exact) mass is 241 g/mol. The first-order valence-electron chi connectivity index (χ1n) is 5.76. The maximum atomic E-state index is 9.59.